The average molecular weight is 220 g/mol. The van der Waals surface area contributed by atoms with Gasteiger partial charge in [0.2, 0.25) is 0 Å². The van der Waals surface area contributed by atoms with E-state index in [1.54, 1.807) is 23.3 Å². The van der Waals surface area contributed by atoms with Crippen LogP contribution >= 0.6 is 0 Å². The summed E-state index contributed by atoms with van der Waals surface area (Å²) in [6.45, 7) is 2.90. The smallest absolute Gasteiger partial charge is 0.349 e. The van der Waals surface area contributed by atoms with Gasteiger partial charge in [-0.3, -0.25) is 4.57 Å². The van der Waals surface area contributed by atoms with Crippen molar-refractivity contribution in [2.75, 3.05) is 5.73 Å². The lowest BCUT2D eigenvalue weighted by atomic mass is 10.3. The first-order chi connectivity index (χ1) is 7.70. The monoisotopic (exact) mass is 220 g/mol. The Morgan fingerprint density at radius 3 is 2.94 bits per heavy atom. The predicted octanol–water partition coefficient (Wildman–Crippen LogP) is -0.515. The molecule has 0 atom stereocenters. The van der Waals surface area contributed by atoms with E-state index in [-0.39, 0.29) is 11.5 Å². The van der Waals surface area contributed by atoms with E-state index < -0.39 is 0 Å². The van der Waals surface area contributed by atoms with Gasteiger partial charge in [-0.2, -0.15) is 4.98 Å². The molecular formula is C9H12N6O. The molecule has 0 radical (unpaired) electrons. The standard InChI is InChI=1S/C9H12N6O/c1-2-14-5-7(8(10)12-9(14)16)6-15-4-3-11-13-15/h3-5H,2,6H2,1H3,(H2,10,12,16). The molecule has 0 aliphatic carbocycles. The van der Waals surface area contributed by atoms with Gasteiger partial charge in [-0.05, 0) is 6.92 Å². The first kappa shape index (κ1) is 10.3. The topological polar surface area (TPSA) is 91.6 Å². The van der Waals surface area contributed by atoms with Crippen molar-refractivity contribution in [2.24, 2.45) is 0 Å². The van der Waals surface area contributed by atoms with E-state index in [4.69, 9.17) is 5.73 Å². The summed E-state index contributed by atoms with van der Waals surface area (Å²) in [5.41, 5.74) is 6.10. The minimum absolute atomic E-state index is 0.241. The average Bonchev–Trinajstić information content (AvgIpc) is 2.75. The summed E-state index contributed by atoms with van der Waals surface area (Å²) in [5.74, 6) is 0.241. The number of nitrogens with two attached hydrogens (primary N) is 1. The molecule has 16 heavy (non-hydrogen) atoms. The molecule has 7 nitrogen and oxygen atoms in total. The maximum absolute atomic E-state index is 11.4. The van der Waals surface area contributed by atoms with Crippen LogP contribution in [0.3, 0.4) is 0 Å². The lowest BCUT2D eigenvalue weighted by molar-refractivity contribution is 0.629. The van der Waals surface area contributed by atoms with Crippen molar-refractivity contribution in [1.29, 1.82) is 0 Å². The Labute approximate surface area is 91.5 Å². The molecular weight excluding hydrogens is 208 g/mol. The summed E-state index contributed by atoms with van der Waals surface area (Å²) in [6.07, 6.45) is 5.01. The first-order valence-electron chi connectivity index (χ1n) is 4.90. The Kier molecular flexibility index (Phi) is 2.67. The molecule has 2 rings (SSSR count). The van der Waals surface area contributed by atoms with E-state index in [9.17, 15) is 4.79 Å². The third kappa shape index (κ3) is 1.92. The summed E-state index contributed by atoms with van der Waals surface area (Å²) >= 11 is 0. The van der Waals surface area contributed by atoms with Gasteiger partial charge in [0.1, 0.15) is 5.82 Å². The van der Waals surface area contributed by atoms with Gasteiger partial charge in [0.15, 0.2) is 0 Å². The van der Waals surface area contributed by atoms with Crippen LogP contribution in [0.15, 0.2) is 23.4 Å². The Morgan fingerprint density at radius 1 is 1.50 bits per heavy atom. The molecule has 2 heterocycles. The van der Waals surface area contributed by atoms with E-state index in [1.807, 2.05) is 6.92 Å². The largest absolute Gasteiger partial charge is 0.383 e. The Hall–Kier alpha value is -2.18. The molecule has 0 aliphatic heterocycles. The minimum Gasteiger partial charge on any atom is -0.383 e. The molecule has 0 saturated heterocycles. The third-order valence-corrected chi connectivity index (χ3v) is 2.25. The van der Waals surface area contributed by atoms with E-state index in [0.29, 0.717) is 13.1 Å². The van der Waals surface area contributed by atoms with Crippen LogP contribution in [-0.2, 0) is 13.1 Å². The lowest BCUT2D eigenvalue weighted by Crippen LogP contribution is -2.24. The molecule has 2 aromatic heterocycles. The fourth-order valence-corrected chi connectivity index (χ4v) is 1.39. The molecule has 0 saturated carbocycles. The third-order valence-electron chi connectivity index (χ3n) is 2.25. The highest BCUT2D eigenvalue weighted by Crippen LogP contribution is 2.06. The van der Waals surface area contributed by atoms with Gasteiger partial charge in [0.05, 0.1) is 12.7 Å². The SMILES string of the molecule is CCn1cc(Cn2ccnn2)c(N)nc1=O. The van der Waals surface area contributed by atoms with Crippen LogP contribution < -0.4 is 11.4 Å². The normalized spacial score (nSPS) is 10.6. The number of rotatable bonds is 3. The van der Waals surface area contributed by atoms with Gasteiger partial charge in [-0.25, -0.2) is 9.48 Å². The van der Waals surface area contributed by atoms with Gasteiger partial charge in [-0.1, -0.05) is 5.21 Å². The first-order valence-corrected chi connectivity index (χ1v) is 4.90. The van der Waals surface area contributed by atoms with Gasteiger partial charge in [0, 0.05) is 24.5 Å². The van der Waals surface area contributed by atoms with Crippen molar-refractivity contribution < 1.29 is 0 Å². The molecule has 2 N–H and O–H groups in total. The number of anilines is 1. The van der Waals surface area contributed by atoms with Crippen LogP contribution in [0.1, 0.15) is 12.5 Å². The predicted molar refractivity (Wildman–Crippen MR) is 57.7 cm³/mol. The second-order valence-electron chi connectivity index (χ2n) is 3.32. The van der Waals surface area contributed by atoms with Crippen LogP contribution in [0.2, 0.25) is 0 Å². The van der Waals surface area contributed by atoms with Crippen molar-refractivity contribution in [3.63, 3.8) is 0 Å². The zero-order valence-corrected chi connectivity index (χ0v) is 8.87. The zero-order valence-electron chi connectivity index (χ0n) is 8.87. The summed E-state index contributed by atoms with van der Waals surface area (Å²) in [5, 5.41) is 7.52. The summed E-state index contributed by atoms with van der Waals surface area (Å²) < 4.78 is 3.13. The van der Waals surface area contributed by atoms with Crippen LogP contribution in [0.25, 0.3) is 0 Å². The van der Waals surface area contributed by atoms with E-state index in [0.717, 1.165) is 5.56 Å². The van der Waals surface area contributed by atoms with Gasteiger partial charge in [0.25, 0.3) is 0 Å². The maximum Gasteiger partial charge on any atom is 0.349 e. The number of nitrogens with zero attached hydrogens (tertiary/aromatic N) is 5. The molecule has 0 unspecified atom stereocenters. The van der Waals surface area contributed by atoms with Crippen LogP contribution in [0, 0.1) is 0 Å². The Balaban J connectivity index is 2.37. The number of hydrogen-bond donors (Lipinski definition) is 1. The Bertz CT molecular complexity index is 529. The van der Waals surface area contributed by atoms with Crippen molar-refractivity contribution in [1.82, 2.24) is 24.5 Å². The quantitative estimate of drug-likeness (QED) is 0.751. The highest BCUT2D eigenvalue weighted by atomic mass is 16.1. The molecule has 0 amide bonds. The van der Waals surface area contributed by atoms with Crippen molar-refractivity contribution >= 4 is 5.82 Å². The highest BCUT2D eigenvalue weighted by molar-refractivity contribution is 5.36. The Morgan fingerprint density at radius 2 is 2.31 bits per heavy atom. The molecule has 2 aromatic rings. The van der Waals surface area contributed by atoms with Crippen molar-refractivity contribution in [3.8, 4) is 0 Å². The zero-order chi connectivity index (χ0) is 11.5. The van der Waals surface area contributed by atoms with Crippen LogP contribution in [-0.4, -0.2) is 24.5 Å². The van der Waals surface area contributed by atoms with Gasteiger partial charge >= 0.3 is 5.69 Å². The van der Waals surface area contributed by atoms with Gasteiger partial charge < -0.3 is 5.73 Å². The lowest BCUT2D eigenvalue weighted by Gasteiger charge is -2.07. The van der Waals surface area contributed by atoms with Crippen LogP contribution in [0.4, 0.5) is 5.82 Å². The van der Waals surface area contributed by atoms with E-state index in [1.165, 1.54) is 4.57 Å². The van der Waals surface area contributed by atoms with E-state index >= 15 is 0 Å². The summed E-state index contributed by atoms with van der Waals surface area (Å²) in [4.78, 5) is 15.1. The van der Waals surface area contributed by atoms with E-state index in [2.05, 4.69) is 15.3 Å². The molecule has 0 aromatic carbocycles. The second-order valence-corrected chi connectivity index (χ2v) is 3.32. The fraction of sp³-hybridized carbons (Fsp3) is 0.333. The van der Waals surface area contributed by atoms with Gasteiger partial charge in [-0.15, -0.1) is 5.10 Å². The molecule has 0 spiro atoms. The van der Waals surface area contributed by atoms with Crippen molar-refractivity contribution in [3.05, 3.63) is 34.6 Å². The second kappa shape index (κ2) is 4.13. The molecule has 7 heteroatoms. The maximum atomic E-state index is 11.4. The molecule has 0 bridgehead atoms. The molecule has 0 aliphatic rings. The van der Waals surface area contributed by atoms with Crippen LogP contribution in [0.5, 0.6) is 0 Å². The number of nitrogen functional groups attached to an aromatic ring is 1. The molecule has 84 valence electrons. The number of aromatic nitrogens is 5. The number of hydrogen-bond acceptors (Lipinski definition) is 5. The summed E-state index contributed by atoms with van der Waals surface area (Å²) in [7, 11) is 0. The molecule has 0 fully saturated rings. The fourth-order valence-electron chi connectivity index (χ4n) is 1.39. The van der Waals surface area contributed by atoms with Crippen molar-refractivity contribution in [2.45, 2.75) is 20.0 Å². The number of aryl methyl sites for hydroxylation is 1. The minimum atomic E-state index is -0.331. The summed E-state index contributed by atoms with van der Waals surface area (Å²) in [6, 6.07) is 0. The highest BCUT2D eigenvalue weighted by Gasteiger charge is 2.05.